The number of benzene rings is 5. The van der Waals surface area contributed by atoms with Gasteiger partial charge >= 0.3 is 11.9 Å². The molecular weight excluding hydrogens is 861 g/mol. The van der Waals surface area contributed by atoms with Gasteiger partial charge in [0.2, 0.25) is 31.9 Å². The van der Waals surface area contributed by atoms with Gasteiger partial charge in [-0.3, -0.25) is 19.2 Å². The Balaban J connectivity index is 1.11. The second-order valence-electron chi connectivity index (χ2n) is 15.0. The maximum atomic E-state index is 14.4. The van der Waals surface area contributed by atoms with E-state index in [1.165, 1.54) is 52.1 Å². The van der Waals surface area contributed by atoms with Crippen molar-refractivity contribution in [3.05, 3.63) is 121 Å². The zero-order valence-corrected chi connectivity index (χ0v) is 36.5. The molecular formula is C43H44N4O10S4. The predicted molar refractivity (Wildman–Crippen MR) is 234 cm³/mol. The zero-order valence-electron chi connectivity index (χ0n) is 33.3. The highest BCUT2D eigenvalue weighted by Crippen LogP contribution is 2.44. The van der Waals surface area contributed by atoms with Crippen LogP contribution in [0.5, 0.6) is 0 Å². The summed E-state index contributed by atoms with van der Waals surface area (Å²) in [7, 11) is -3.17. The largest absolute Gasteiger partial charge is 0.480 e. The zero-order chi connectivity index (χ0) is 43.5. The average molecular weight is 905 g/mol. The third-order valence-corrected chi connectivity index (χ3v) is 17.8. The molecule has 5 aromatic carbocycles. The van der Waals surface area contributed by atoms with Gasteiger partial charge in [0.05, 0.1) is 9.79 Å². The van der Waals surface area contributed by atoms with Crippen molar-refractivity contribution in [2.75, 3.05) is 40.3 Å². The normalized spacial score (nSPS) is 19.8. The van der Waals surface area contributed by atoms with Gasteiger partial charge in [-0.05, 0) is 64.2 Å². The van der Waals surface area contributed by atoms with Crippen LogP contribution in [-0.2, 0) is 50.6 Å². The van der Waals surface area contributed by atoms with Gasteiger partial charge in [-0.1, -0.05) is 113 Å². The molecule has 1 N–H and O–H groups in total. The quantitative estimate of drug-likeness (QED) is 0.109. The van der Waals surface area contributed by atoms with Gasteiger partial charge in [0, 0.05) is 37.7 Å². The molecule has 2 aliphatic heterocycles. The lowest BCUT2D eigenvalue weighted by atomic mass is 10.1. The molecule has 2 aliphatic rings. The Labute approximate surface area is 362 Å². The van der Waals surface area contributed by atoms with E-state index in [4.69, 9.17) is 4.74 Å². The molecule has 0 bridgehead atoms. The van der Waals surface area contributed by atoms with Gasteiger partial charge in [0.1, 0.15) is 31.8 Å². The summed E-state index contributed by atoms with van der Waals surface area (Å²) in [6, 6.07) is 30.8. The summed E-state index contributed by atoms with van der Waals surface area (Å²) in [5.41, 5.74) is 0.769. The molecule has 320 valence electrons. The lowest BCUT2D eigenvalue weighted by Gasteiger charge is -2.27. The van der Waals surface area contributed by atoms with Crippen molar-refractivity contribution in [2.45, 2.75) is 51.8 Å². The van der Waals surface area contributed by atoms with Crippen LogP contribution in [0.15, 0.2) is 125 Å². The third-order valence-electron chi connectivity index (χ3n) is 10.7. The van der Waals surface area contributed by atoms with Crippen LogP contribution >= 0.6 is 21.6 Å². The number of carboxylic acids is 1. The number of carbonyl (C=O) groups is 4. The van der Waals surface area contributed by atoms with Crippen molar-refractivity contribution in [3.63, 3.8) is 0 Å². The Bertz CT molecular complexity index is 2690. The van der Waals surface area contributed by atoms with Crippen LogP contribution in [-0.4, -0.2) is 127 Å². The fourth-order valence-corrected chi connectivity index (χ4v) is 14.2. The number of fused-ring (bicyclic) bond motifs is 2. The van der Waals surface area contributed by atoms with Crippen LogP contribution in [0.4, 0.5) is 0 Å². The molecule has 7 rings (SSSR count). The minimum atomic E-state index is -4.26. The number of amides is 2. The van der Waals surface area contributed by atoms with Gasteiger partial charge < -0.3 is 19.6 Å². The molecule has 2 fully saturated rings. The lowest BCUT2D eigenvalue weighted by Crippen LogP contribution is -2.47. The lowest BCUT2D eigenvalue weighted by molar-refractivity contribution is -0.150. The van der Waals surface area contributed by atoms with E-state index in [1.807, 2.05) is 42.5 Å². The summed E-state index contributed by atoms with van der Waals surface area (Å²) >= 11 is 0. The fourth-order valence-electron chi connectivity index (χ4n) is 7.59. The van der Waals surface area contributed by atoms with Crippen LogP contribution in [0.25, 0.3) is 21.5 Å². The summed E-state index contributed by atoms with van der Waals surface area (Å²) in [6.45, 7) is -1.16. The number of ether oxygens (including phenoxy) is 1. The third kappa shape index (κ3) is 9.90. The summed E-state index contributed by atoms with van der Waals surface area (Å²) in [5, 5.41) is 11.6. The van der Waals surface area contributed by atoms with Crippen LogP contribution in [0.1, 0.15) is 18.4 Å². The van der Waals surface area contributed by atoms with Crippen LogP contribution in [0, 0.1) is 0 Å². The number of sulfonamides is 2. The fraction of sp³-hybridized carbons (Fsp3) is 0.302. The van der Waals surface area contributed by atoms with Gasteiger partial charge in [0.15, 0.2) is 0 Å². The van der Waals surface area contributed by atoms with Crippen LogP contribution < -0.4 is 0 Å². The summed E-state index contributed by atoms with van der Waals surface area (Å²) in [5.74, 6) is -3.16. The second-order valence-corrected chi connectivity index (χ2v) is 21.7. The molecule has 18 heteroatoms. The Morgan fingerprint density at radius 2 is 1.05 bits per heavy atom. The highest BCUT2D eigenvalue weighted by atomic mass is 33.1. The molecule has 2 heterocycles. The van der Waals surface area contributed by atoms with Crippen molar-refractivity contribution in [2.24, 2.45) is 0 Å². The number of esters is 1. The molecule has 0 aliphatic carbocycles. The second kappa shape index (κ2) is 18.6. The minimum absolute atomic E-state index is 0.00407. The van der Waals surface area contributed by atoms with E-state index >= 15 is 0 Å². The molecule has 0 aromatic heterocycles. The first-order valence-electron chi connectivity index (χ1n) is 19.4. The number of rotatable bonds is 15. The molecule has 2 unspecified atom stereocenters. The Morgan fingerprint density at radius 1 is 0.623 bits per heavy atom. The number of hydrogen-bond acceptors (Lipinski definition) is 11. The number of likely N-dealkylation sites (N-methyl/N-ethyl adjacent to an activating group) is 2. The molecule has 2 saturated heterocycles. The van der Waals surface area contributed by atoms with E-state index in [9.17, 15) is 41.1 Å². The smallest absolute Gasteiger partial charge is 0.325 e. The van der Waals surface area contributed by atoms with E-state index in [2.05, 4.69) is 0 Å². The molecule has 0 saturated carbocycles. The number of nitrogens with zero attached hydrogens (tertiary/aromatic N) is 4. The van der Waals surface area contributed by atoms with E-state index in [0.717, 1.165) is 30.4 Å². The molecule has 0 radical (unpaired) electrons. The first kappa shape index (κ1) is 44.1. The highest BCUT2D eigenvalue weighted by molar-refractivity contribution is 8.77. The maximum absolute atomic E-state index is 14.4. The van der Waals surface area contributed by atoms with Gasteiger partial charge in [-0.15, -0.1) is 0 Å². The molecule has 0 spiro atoms. The van der Waals surface area contributed by atoms with Gasteiger partial charge in [-0.25, -0.2) is 16.8 Å². The van der Waals surface area contributed by atoms with Crippen molar-refractivity contribution in [3.8, 4) is 0 Å². The maximum Gasteiger partial charge on any atom is 0.325 e. The summed E-state index contributed by atoms with van der Waals surface area (Å²) in [4.78, 5) is 54.4. The van der Waals surface area contributed by atoms with Crippen LogP contribution in [0.2, 0.25) is 0 Å². The van der Waals surface area contributed by atoms with Gasteiger partial charge in [0.25, 0.3) is 0 Å². The number of aliphatic carboxylic acids is 1. The number of hydrogen-bond donors (Lipinski definition) is 1. The molecule has 4 atom stereocenters. The first-order chi connectivity index (χ1) is 29.1. The Hall–Kier alpha value is -4.98. The van der Waals surface area contributed by atoms with Crippen molar-refractivity contribution in [1.82, 2.24) is 18.4 Å². The monoisotopic (exact) mass is 904 g/mol. The number of carbonyl (C=O) groups excluding carboxylic acids is 3. The summed E-state index contributed by atoms with van der Waals surface area (Å²) < 4.78 is 65.1. The summed E-state index contributed by atoms with van der Waals surface area (Å²) in [6.07, 6.45) is 0.150. The van der Waals surface area contributed by atoms with E-state index in [0.29, 0.717) is 10.8 Å². The molecule has 14 nitrogen and oxygen atoms in total. The van der Waals surface area contributed by atoms with E-state index in [-0.39, 0.29) is 42.3 Å². The molecule has 5 aromatic rings. The van der Waals surface area contributed by atoms with Crippen molar-refractivity contribution >= 4 is 86.9 Å². The predicted octanol–water partition coefficient (Wildman–Crippen LogP) is 5.08. The first-order valence-corrected chi connectivity index (χ1v) is 24.5. The van der Waals surface area contributed by atoms with Crippen LogP contribution in [0.3, 0.4) is 0 Å². The Kier molecular flexibility index (Phi) is 13.4. The highest BCUT2D eigenvalue weighted by Gasteiger charge is 2.48. The number of carboxylic acid groups (broad SMARTS) is 1. The van der Waals surface area contributed by atoms with E-state index < -0.39 is 79.5 Å². The Morgan fingerprint density at radius 3 is 1.51 bits per heavy atom. The van der Waals surface area contributed by atoms with Crippen molar-refractivity contribution in [1.29, 1.82) is 0 Å². The SMILES string of the molecule is CN(CC(=O)OCc1ccccc1)C(=O)C1CC(SS[C@@H]2C[C@@H](C(=O)N(C)CC(=O)O)N(S(=O)(=O)c3ccc4ccccc4c3)C2)CN1S(=O)(=O)c1ccc2ccccc2c1. The van der Waals surface area contributed by atoms with Crippen molar-refractivity contribution < 1.29 is 45.9 Å². The average Bonchev–Trinajstić information content (AvgIpc) is 3.90. The van der Waals surface area contributed by atoms with E-state index in [1.54, 1.807) is 60.7 Å². The topological polar surface area (TPSA) is 179 Å². The van der Waals surface area contributed by atoms with Gasteiger partial charge in [-0.2, -0.15) is 8.61 Å². The minimum Gasteiger partial charge on any atom is -0.480 e. The molecule has 2 amide bonds. The standard InChI is InChI=1S/C43H44N4O10S4/c1-44(26-40(48)49)42(51)38-22-34(24-46(38)60(53,54)36-18-16-30-12-6-8-14-32(30)20-36)58-59-35-23-39(43(52)45(2)27-41(50)57-28-29-10-4-3-5-11-29)47(25-35)61(55,56)37-19-17-31-13-7-9-15-33(31)21-37/h3-21,34-35,38-39H,22-28H2,1-2H3,(H,48,49)/t34-,35?,38+,39?/m1/s1. The molecule has 61 heavy (non-hydrogen) atoms.